The first-order valence-corrected chi connectivity index (χ1v) is 11.0. The van der Waals surface area contributed by atoms with E-state index in [-0.39, 0.29) is 10.6 Å². The maximum atomic E-state index is 13.2. The molecule has 2 aromatic carbocycles. The van der Waals surface area contributed by atoms with Gasteiger partial charge in [-0.2, -0.15) is 0 Å². The fraction of sp³-hybridized carbons (Fsp3) is 0.176. The van der Waals surface area contributed by atoms with Crippen molar-refractivity contribution in [3.63, 3.8) is 0 Å². The first kappa shape index (κ1) is 18.0. The number of nitrogens with zero attached hydrogens (tertiary/aromatic N) is 1. The summed E-state index contributed by atoms with van der Waals surface area (Å²) < 4.78 is 51.1. The summed E-state index contributed by atoms with van der Waals surface area (Å²) in [5.41, 5.74) is 1.38. The quantitative estimate of drug-likeness (QED) is 0.794. The summed E-state index contributed by atoms with van der Waals surface area (Å²) in [5, 5.41) is 1.49. The zero-order valence-electron chi connectivity index (χ0n) is 13.3. The molecule has 0 amide bonds. The highest BCUT2D eigenvalue weighted by molar-refractivity contribution is 7.95. The predicted octanol–water partition coefficient (Wildman–Crippen LogP) is 3.15. The Morgan fingerprint density at radius 3 is 2.16 bits per heavy atom. The van der Waals surface area contributed by atoms with Crippen LogP contribution in [0.3, 0.4) is 0 Å². The van der Waals surface area contributed by atoms with Gasteiger partial charge in [-0.1, -0.05) is 29.3 Å². The molecule has 0 unspecified atom stereocenters. The first-order valence-electron chi connectivity index (χ1n) is 7.47. The van der Waals surface area contributed by atoms with E-state index in [0.717, 1.165) is 15.3 Å². The van der Waals surface area contributed by atoms with Crippen LogP contribution in [0.2, 0.25) is 5.02 Å². The molecule has 5 nitrogen and oxygen atoms in total. The lowest BCUT2D eigenvalue weighted by Crippen LogP contribution is -2.41. The van der Waals surface area contributed by atoms with E-state index in [9.17, 15) is 16.8 Å². The van der Waals surface area contributed by atoms with Crippen LogP contribution in [0.5, 0.6) is 0 Å². The van der Waals surface area contributed by atoms with Crippen molar-refractivity contribution in [2.75, 3.05) is 10.1 Å². The maximum Gasteiger partial charge on any atom is 0.264 e. The molecule has 3 rings (SSSR count). The number of benzene rings is 2. The minimum absolute atomic E-state index is 0.0511. The molecule has 1 aliphatic heterocycles. The number of anilines is 1. The van der Waals surface area contributed by atoms with Crippen molar-refractivity contribution >= 4 is 37.1 Å². The zero-order valence-corrected chi connectivity index (χ0v) is 15.7. The number of sulfonamides is 1. The molecule has 0 aliphatic carbocycles. The number of hydrogen-bond donors (Lipinski definition) is 0. The summed E-state index contributed by atoms with van der Waals surface area (Å²) >= 11 is 5.84. The third kappa shape index (κ3) is 3.73. The highest BCUT2D eigenvalue weighted by atomic mass is 35.5. The molecule has 0 aromatic heterocycles. The van der Waals surface area contributed by atoms with Gasteiger partial charge in [0.15, 0.2) is 9.84 Å². The first-order chi connectivity index (χ1) is 11.7. The summed E-state index contributed by atoms with van der Waals surface area (Å²) in [6, 6.07) is 11.9. The topological polar surface area (TPSA) is 71.5 Å². The standard InChI is InChI=1S/C17H16ClNO4S2/c1-13-2-6-15(7-3-13)19(16-10-11-24(20,21)12-16)25(22,23)17-8-4-14(18)5-9-17/h2-11,16H,12H2,1H3/t16-/m1/s1. The van der Waals surface area contributed by atoms with Crippen LogP contribution in [-0.4, -0.2) is 28.6 Å². The minimum Gasteiger partial charge on any atom is -0.258 e. The normalized spacial score (nSPS) is 19.0. The van der Waals surface area contributed by atoms with Crippen LogP contribution < -0.4 is 4.31 Å². The molecule has 1 aliphatic rings. The van der Waals surface area contributed by atoms with Gasteiger partial charge in [-0.15, -0.1) is 0 Å². The molecule has 0 spiro atoms. The van der Waals surface area contributed by atoms with Crippen molar-refractivity contribution in [1.29, 1.82) is 0 Å². The Morgan fingerprint density at radius 2 is 1.64 bits per heavy atom. The van der Waals surface area contributed by atoms with Crippen molar-refractivity contribution in [3.05, 3.63) is 70.6 Å². The van der Waals surface area contributed by atoms with E-state index in [2.05, 4.69) is 0 Å². The number of aryl methyl sites for hydroxylation is 1. The van der Waals surface area contributed by atoms with Crippen LogP contribution in [0.4, 0.5) is 5.69 Å². The average molecular weight is 398 g/mol. The third-order valence-corrected chi connectivity index (χ3v) is 7.37. The van der Waals surface area contributed by atoms with Gasteiger partial charge >= 0.3 is 0 Å². The van der Waals surface area contributed by atoms with Gasteiger partial charge in [0.05, 0.1) is 22.4 Å². The number of halogens is 1. The van der Waals surface area contributed by atoms with Gasteiger partial charge in [-0.25, -0.2) is 16.8 Å². The van der Waals surface area contributed by atoms with Crippen LogP contribution in [-0.2, 0) is 19.9 Å². The SMILES string of the molecule is Cc1ccc(N([C@@H]2C=CS(=O)(=O)C2)S(=O)(=O)c2ccc(Cl)cc2)cc1. The molecule has 1 heterocycles. The van der Waals surface area contributed by atoms with Crippen molar-refractivity contribution in [2.45, 2.75) is 17.9 Å². The Balaban J connectivity index is 2.12. The average Bonchev–Trinajstić information content (AvgIpc) is 2.89. The molecule has 0 bridgehead atoms. The van der Waals surface area contributed by atoms with Crippen molar-refractivity contribution in [3.8, 4) is 0 Å². The Morgan fingerprint density at radius 1 is 1.04 bits per heavy atom. The minimum atomic E-state index is -3.96. The molecule has 1 atom stereocenters. The van der Waals surface area contributed by atoms with Crippen molar-refractivity contribution in [2.24, 2.45) is 0 Å². The summed E-state index contributed by atoms with van der Waals surface area (Å²) in [7, 11) is -7.37. The van der Waals surface area contributed by atoms with Crippen molar-refractivity contribution < 1.29 is 16.8 Å². The second kappa shape index (κ2) is 6.48. The van der Waals surface area contributed by atoms with E-state index in [1.807, 2.05) is 6.92 Å². The molecule has 2 aromatic rings. The smallest absolute Gasteiger partial charge is 0.258 e. The Bertz CT molecular complexity index is 1010. The van der Waals surface area contributed by atoms with E-state index in [1.165, 1.54) is 30.3 Å². The Labute approximate surface area is 152 Å². The van der Waals surface area contributed by atoms with Crippen LogP contribution in [0, 0.1) is 6.92 Å². The molecular weight excluding hydrogens is 382 g/mol. The van der Waals surface area contributed by atoms with Gasteiger partial charge < -0.3 is 0 Å². The molecule has 0 saturated carbocycles. The zero-order chi connectivity index (χ0) is 18.2. The highest BCUT2D eigenvalue weighted by Gasteiger charge is 2.35. The number of hydrogen-bond acceptors (Lipinski definition) is 4. The molecule has 0 fully saturated rings. The second-order valence-corrected chi connectivity index (χ2v) is 10.00. The monoisotopic (exact) mass is 397 g/mol. The van der Waals surface area contributed by atoms with Crippen molar-refractivity contribution in [1.82, 2.24) is 0 Å². The van der Waals surface area contributed by atoms with Gasteiger partial charge in [0.1, 0.15) is 0 Å². The third-order valence-electron chi connectivity index (χ3n) is 3.87. The van der Waals surface area contributed by atoms with Gasteiger partial charge in [0, 0.05) is 10.4 Å². The largest absolute Gasteiger partial charge is 0.264 e. The van der Waals surface area contributed by atoms with Gasteiger partial charge in [0.25, 0.3) is 10.0 Å². The number of sulfone groups is 1. The predicted molar refractivity (Wildman–Crippen MR) is 99.0 cm³/mol. The van der Waals surface area contributed by atoms with E-state index >= 15 is 0 Å². The van der Waals surface area contributed by atoms with Crippen LogP contribution in [0.25, 0.3) is 0 Å². The van der Waals surface area contributed by atoms with E-state index in [0.29, 0.717) is 10.7 Å². The van der Waals surface area contributed by atoms with Gasteiger partial charge in [-0.05, 0) is 49.4 Å². The molecule has 0 N–H and O–H groups in total. The van der Waals surface area contributed by atoms with Crippen LogP contribution in [0.1, 0.15) is 5.56 Å². The highest BCUT2D eigenvalue weighted by Crippen LogP contribution is 2.30. The number of rotatable bonds is 4. The molecular formula is C17H16ClNO4S2. The fourth-order valence-electron chi connectivity index (χ4n) is 2.63. The molecule has 25 heavy (non-hydrogen) atoms. The summed E-state index contributed by atoms with van der Waals surface area (Å²) in [6.07, 6.45) is 1.41. The summed E-state index contributed by atoms with van der Waals surface area (Å²) in [4.78, 5) is 0.0511. The Hall–Kier alpha value is -1.83. The van der Waals surface area contributed by atoms with Crippen LogP contribution >= 0.6 is 11.6 Å². The molecule has 0 radical (unpaired) electrons. The molecule has 0 saturated heterocycles. The molecule has 8 heteroatoms. The van der Waals surface area contributed by atoms with Crippen LogP contribution in [0.15, 0.2) is 64.9 Å². The lowest BCUT2D eigenvalue weighted by molar-refractivity contribution is 0.586. The van der Waals surface area contributed by atoms with E-state index < -0.39 is 25.9 Å². The fourth-order valence-corrected chi connectivity index (χ4v) is 5.72. The second-order valence-electron chi connectivity index (χ2n) is 5.82. The summed E-state index contributed by atoms with van der Waals surface area (Å²) in [6.45, 7) is 1.89. The summed E-state index contributed by atoms with van der Waals surface area (Å²) in [5.74, 6) is -0.284. The lowest BCUT2D eigenvalue weighted by Gasteiger charge is -2.29. The molecule has 132 valence electrons. The van der Waals surface area contributed by atoms with Gasteiger partial charge in [0.2, 0.25) is 0 Å². The van der Waals surface area contributed by atoms with Gasteiger partial charge in [-0.3, -0.25) is 4.31 Å². The van der Waals surface area contributed by atoms with E-state index in [4.69, 9.17) is 11.6 Å². The lowest BCUT2D eigenvalue weighted by atomic mass is 10.2. The Kier molecular flexibility index (Phi) is 4.66. The van der Waals surface area contributed by atoms with E-state index in [1.54, 1.807) is 24.3 Å². The maximum absolute atomic E-state index is 13.2.